The van der Waals surface area contributed by atoms with Crippen molar-refractivity contribution < 1.29 is 18.6 Å². The molecule has 0 aliphatic rings. The van der Waals surface area contributed by atoms with Gasteiger partial charge >= 0.3 is 0 Å². The molecule has 112 valence electrons. The number of benzene rings is 2. The molecule has 0 unspecified atom stereocenters. The fourth-order valence-corrected chi connectivity index (χ4v) is 2.32. The van der Waals surface area contributed by atoms with Crippen molar-refractivity contribution in [3.63, 3.8) is 0 Å². The van der Waals surface area contributed by atoms with Gasteiger partial charge in [0.15, 0.2) is 11.6 Å². The molecule has 0 spiro atoms. The molecule has 22 heavy (non-hydrogen) atoms. The smallest absolute Gasteiger partial charge is 0.256 e. The molecule has 0 aliphatic carbocycles. The van der Waals surface area contributed by atoms with Gasteiger partial charge < -0.3 is 14.8 Å². The number of H-pyrrole nitrogens is 1. The van der Waals surface area contributed by atoms with Gasteiger partial charge in [0, 0.05) is 10.9 Å². The summed E-state index contributed by atoms with van der Waals surface area (Å²) in [4.78, 5) is 14.5. The van der Waals surface area contributed by atoms with Crippen molar-refractivity contribution in [1.29, 1.82) is 0 Å². The van der Waals surface area contributed by atoms with E-state index in [0.717, 1.165) is 18.2 Å². The van der Waals surface area contributed by atoms with Crippen molar-refractivity contribution >= 4 is 10.8 Å². The van der Waals surface area contributed by atoms with Gasteiger partial charge in [-0.3, -0.25) is 4.79 Å². The van der Waals surface area contributed by atoms with Gasteiger partial charge in [-0.2, -0.15) is 0 Å². The van der Waals surface area contributed by atoms with Crippen molar-refractivity contribution in [3.05, 3.63) is 58.4 Å². The summed E-state index contributed by atoms with van der Waals surface area (Å²) < 4.78 is 31.8. The van der Waals surface area contributed by atoms with Crippen molar-refractivity contribution in [1.82, 2.24) is 4.98 Å². The maximum Gasteiger partial charge on any atom is 0.256 e. The molecular formula is C16H11F2NO3. The van der Waals surface area contributed by atoms with Crippen LogP contribution in [0, 0.1) is 11.6 Å². The van der Waals surface area contributed by atoms with Gasteiger partial charge in [-0.1, -0.05) is 0 Å². The van der Waals surface area contributed by atoms with E-state index in [0.29, 0.717) is 0 Å². The first-order valence-corrected chi connectivity index (χ1v) is 6.39. The van der Waals surface area contributed by atoms with Gasteiger partial charge in [0.05, 0.1) is 18.2 Å². The molecule has 1 heterocycles. The van der Waals surface area contributed by atoms with E-state index < -0.39 is 17.2 Å². The lowest BCUT2D eigenvalue weighted by molar-refractivity contribution is 0.386. The van der Waals surface area contributed by atoms with Crippen LogP contribution in [0.15, 0.2) is 41.2 Å². The molecule has 4 nitrogen and oxygen atoms in total. The summed E-state index contributed by atoms with van der Waals surface area (Å²) in [6.45, 7) is 0. The van der Waals surface area contributed by atoms with Crippen LogP contribution in [0.1, 0.15) is 0 Å². The Morgan fingerprint density at radius 2 is 1.86 bits per heavy atom. The normalized spacial score (nSPS) is 10.9. The molecule has 0 aliphatic heterocycles. The lowest BCUT2D eigenvalue weighted by atomic mass is 10.1. The number of aromatic amines is 1. The summed E-state index contributed by atoms with van der Waals surface area (Å²) in [6, 6.07) is 7.50. The molecule has 0 saturated carbocycles. The second kappa shape index (κ2) is 5.14. The number of halogens is 2. The Labute approximate surface area is 123 Å². The Morgan fingerprint density at radius 3 is 2.55 bits per heavy atom. The maximum absolute atomic E-state index is 13.8. The van der Waals surface area contributed by atoms with Crippen LogP contribution in [0.25, 0.3) is 22.0 Å². The van der Waals surface area contributed by atoms with Gasteiger partial charge in [-0.15, -0.1) is 0 Å². The minimum absolute atomic E-state index is 0.0234. The largest absolute Gasteiger partial charge is 0.505 e. The highest BCUT2D eigenvalue weighted by Gasteiger charge is 2.14. The maximum atomic E-state index is 13.8. The SMILES string of the molecule is COc1ccc(-c2[nH]c(=O)c3cc(F)ccc3c2O)cc1F. The van der Waals surface area contributed by atoms with Crippen LogP contribution in [0.4, 0.5) is 8.78 Å². The number of hydrogen-bond acceptors (Lipinski definition) is 3. The van der Waals surface area contributed by atoms with Gasteiger partial charge in [0.2, 0.25) is 0 Å². The Hall–Kier alpha value is -2.89. The summed E-state index contributed by atoms with van der Waals surface area (Å²) in [6.07, 6.45) is 0. The minimum atomic E-state index is -0.626. The highest BCUT2D eigenvalue weighted by atomic mass is 19.1. The van der Waals surface area contributed by atoms with E-state index in [1.807, 2.05) is 0 Å². The van der Waals surface area contributed by atoms with E-state index in [1.54, 1.807) is 0 Å². The number of nitrogens with one attached hydrogen (secondary N) is 1. The summed E-state index contributed by atoms with van der Waals surface area (Å²) in [5.41, 5.74) is -0.233. The third-order valence-corrected chi connectivity index (χ3v) is 3.40. The van der Waals surface area contributed by atoms with Crippen LogP contribution >= 0.6 is 0 Å². The van der Waals surface area contributed by atoms with E-state index in [1.165, 1.54) is 25.3 Å². The molecule has 0 saturated heterocycles. The molecule has 6 heteroatoms. The zero-order valence-electron chi connectivity index (χ0n) is 11.5. The lowest BCUT2D eigenvalue weighted by Gasteiger charge is -2.09. The van der Waals surface area contributed by atoms with Crippen LogP contribution in [-0.2, 0) is 0 Å². The number of fused-ring (bicyclic) bond motifs is 1. The summed E-state index contributed by atoms with van der Waals surface area (Å²) in [7, 11) is 1.34. The highest BCUT2D eigenvalue weighted by molar-refractivity contribution is 5.92. The van der Waals surface area contributed by atoms with Crippen LogP contribution in [0.5, 0.6) is 11.5 Å². The second-order valence-corrected chi connectivity index (χ2v) is 4.72. The highest BCUT2D eigenvalue weighted by Crippen LogP contribution is 2.34. The van der Waals surface area contributed by atoms with Gasteiger partial charge in [-0.05, 0) is 36.4 Å². The second-order valence-electron chi connectivity index (χ2n) is 4.72. The lowest BCUT2D eigenvalue weighted by Crippen LogP contribution is -2.08. The Morgan fingerprint density at radius 1 is 1.09 bits per heavy atom. The summed E-state index contributed by atoms with van der Waals surface area (Å²) in [5.74, 6) is -1.41. The number of aromatic nitrogens is 1. The van der Waals surface area contributed by atoms with E-state index >= 15 is 0 Å². The molecule has 0 radical (unpaired) electrons. The van der Waals surface area contributed by atoms with Crippen LogP contribution in [0.2, 0.25) is 0 Å². The van der Waals surface area contributed by atoms with Gasteiger partial charge in [-0.25, -0.2) is 8.78 Å². The molecule has 2 N–H and O–H groups in total. The molecule has 0 fully saturated rings. The minimum Gasteiger partial charge on any atom is -0.505 e. The Bertz CT molecular complexity index is 935. The molecule has 1 aromatic heterocycles. The summed E-state index contributed by atoms with van der Waals surface area (Å²) in [5, 5.41) is 10.5. The van der Waals surface area contributed by atoms with Gasteiger partial charge in [0.25, 0.3) is 5.56 Å². The van der Waals surface area contributed by atoms with Crippen LogP contribution in [-0.4, -0.2) is 17.2 Å². The third kappa shape index (κ3) is 2.18. The quantitative estimate of drug-likeness (QED) is 0.764. The molecule has 3 aromatic rings. The van der Waals surface area contributed by atoms with E-state index in [2.05, 4.69) is 4.98 Å². The van der Waals surface area contributed by atoms with Crippen LogP contribution < -0.4 is 10.3 Å². The predicted octanol–water partition coefficient (Wildman–Crippen LogP) is 3.19. The Kier molecular flexibility index (Phi) is 3.29. The average molecular weight is 303 g/mol. The van der Waals surface area contributed by atoms with E-state index in [4.69, 9.17) is 4.74 Å². The van der Waals surface area contributed by atoms with Crippen molar-refractivity contribution in [2.75, 3.05) is 7.11 Å². The number of methoxy groups -OCH3 is 1. The van der Waals surface area contributed by atoms with Crippen molar-refractivity contribution in [2.24, 2.45) is 0 Å². The number of aromatic hydroxyl groups is 1. The number of hydrogen-bond donors (Lipinski definition) is 2. The zero-order chi connectivity index (χ0) is 15.9. The molecule has 0 atom stereocenters. The molecule has 0 amide bonds. The van der Waals surface area contributed by atoms with Crippen molar-refractivity contribution in [3.8, 4) is 22.8 Å². The van der Waals surface area contributed by atoms with Crippen LogP contribution in [0.3, 0.4) is 0 Å². The van der Waals surface area contributed by atoms with Gasteiger partial charge in [0.1, 0.15) is 11.6 Å². The molecular weight excluding hydrogens is 292 g/mol. The first kappa shape index (κ1) is 14.1. The molecule has 3 rings (SSSR count). The first-order valence-electron chi connectivity index (χ1n) is 6.39. The fraction of sp³-hybridized carbons (Fsp3) is 0.0625. The Balaban J connectivity index is 2.28. The van der Waals surface area contributed by atoms with Crippen molar-refractivity contribution in [2.45, 2.75) is 0 Å². The zero-order valence-corrected chi connectivity index (χ0v) is 11.5. The molecule has 0 bridgehead atoms. The summed E-state index contributed by atoms with van der Waals surface area (Å²) >= 11 is 0. The first-order chi connectivity index (χ1) is 10.5. The molecule has 2 aromatic carbocycles. The average Bonchev–Trinajstić information content (AvgIpc) is 2.50. The predicted molar refractivity (Wildman–Crippen MR) is 78.1 cm³/mol. The third-order valence-electron chi connectivity index (χ3n) is 3.40. The van der Waals surface area contributed by atoms with E-state index in [-0.39, 0.29) is 33.5 Å². The number of rotatable bonds is 2. The number of pyridine rings is 1. The fourth-order valence-electron chi connectivity index (χ4n) is 2.32. The number of ether oxygens (including phenoxy) is 1. The standard InChI is InChI=1S/C16H11F2NO3/c1-22-13-5-2-8(6-12(13)18)14-15(20)10-4-3-9(17)7-11(10)16(21)19-14/h2-7,20H,1H3,(H,19,21). The van der Waals surface area contributed by atoms with E-state index in [9.17, 15) is 18.7 Å². The topological polar surface area (TPSA) is 62.3 Å². The monoisotopic (exact) mass is 303 g/mol.